The summed E-state index contributed by atoms with van der Waals surface area (Å²) >= 11 is 1.14. The average Bonchev–Trinajstić information content (AvgIpc) is 3.27. The van der Waals surface area contributed by atoms with Gasteiger partial charge in [-0.15, -0.1) is 11.3 Å². The van der Waals surface area contributed by atoms with Crippen LogP contribution in [0.5, 0.6) is 0 Å². The minimum atomic E-state index is -3.61. The lowest BCUT2D eigenvalue weighted by molar-refractivity contribution is -0.131. The molecule has 0 bridgehead atoms. The molecule has 2 aromatic heterocycles. The van der Waals surface area contributed by atoms with Crippen LogP contribution < -0.4 is 4.72 Å². The molecule has 0 saturated carbocycles. The molecule has 0 spiro atoms. The van der Waals surface area contributed by atoms with Crippen molar-refractivity contribution in [1.29, 1.82) is 0 Å². The SMILES string of the molecule is CN(C(=O)CNS(=O)(=O)c1cccs1)C1CCN(CCc2ccccn2)CC1. The lowest BCUT2D eigenvalue weighted by atomic mass is 10.0. The molecule has 0 aromatic carbocycles. The van der Waals surface area contributed by atoms with E-state index < -0.39 is 10.0 Å². The van der Waals surface area contributed by atoms with E-state index in [4.69, 9.17) is 0 Å². The Balaban J connectivity index is 1.41. The second kappa shape index (κ2) is 9.60. The van der Waals surface area contributed by atoms with Crippen molar-refractivity contribution in [3.05, 3.63) is 47.6 Å². The lowest BCUT2D eigenvalue weighted by Crippen LogP contribution is -2.48. The molecular formula is C19H26N4O3S2. The van der Waals surface area contributed by atoms with Gasteiger partial charge in [0.15, 0.2) is 0 Å². The van der Waals surface area contributed by atoms with Crippen LogP contribution in [0.15, 0.2) is 46.1 Å². The third kappa shape index (κ3) is 5.60. The molecule has 0 radical (unpaired) electrons. The fourth-order valence-corrected chi connectivity index (χ4v) is 5.33. The van der Waals surface area contributed by atoms with Crippen molar-refractivity contribution in [2.75, 3.05) is 33.2 Å². The van der Waals surface area contributed by atoms with E-state index in [1.165, 1.54) is 6.07 Å². The molecule has 2 aromatic rings. The van der Waals surface area contributed by atoms with Crippen LogP contribution in [-0.4, -0.2) is 68.4 Å². The molecule has 9 heteroatoms. The molecule has 152 valence electrons. The number of carbonyl (C=O) groups is 1. The van der Waals surface area contributed by atoms with E-state index in [2.05, 4.69) is 14.6 Å². The molecule has 7 nitrogen and oxygen atoms in total. The minimum absolute atomic E-state index is 0.143. The van der Waals surface area contributed by atoms with E-state index in [0.717, 1.165) is 55.9 Å². The standard InChI is InChI=1S/C19H26N4O3S2/c1-22(18(24)15-21-28(25,26)19-6-4-14-27-19)17-8-12-23(13-9-17)11-7-16-5-2-3-10-20-16/h2-6,10,14,17,21H,7-9,11-13,15H2,1H3. The van der Waals surface area contributed by atoms with Gasteiger partial charge in [-0.2, -0.15) is 0 Å². The molecule has 0 aliphatic carbocycles. The van der Waals surface area contributed by atoms with Crippen molar-refractivity contribution in [2.24, 2.45) is 0 Å². The smallest absolute Gasteiger partial charge is 0.250 e. The Morgan fingerprint density at radius 2 is 2.07 bits per heavy atom. The number of hydrogen-bond donors (Lipinski definition) is 1. The fourth-order valence-electron chi connectivity index (χ4n) is 3.32. The first-order chi connectivity index (χ1) is 13.5. The predicted octanol–water partition coefficient (Wildman–Crippen LogP) is 1.59. The maximum Gasteiger partial charge on any atom is 0.250 e. The van der Waals surface area contributed by atoms with E-state index in [-0.39, 0.29) is 22.7 Å². The van der Waals surface area contributed by atoms with Crippen LogP contribution in [0.4, 0.5) is 0 Å². The second-order valence-electron chi connectivity index (χ2n) is 6.91. The van der Waals surface area contributed by atoms with Gasteiger partial charge in [0.2, 0.25) is 5.91 Å². The number of hydrogen-bond acceptors (Lipinski definition) is 6. The van der Waals surface area contributed by atoms with E-state index >= 15 is 0 Å². The number of nitrogens with zero attached hydrogens (tertiary/aromatic N) is 3. The van der Waals surface area contributed by atoms with Crippen molar-refractivity contribution < 1.29 is 13.2 Å². The monoisotopic (exact) mass is 422 g/mol. The number of rotatable bonds is 8. The van der Waals surface area contributed by atoms with Crippen LogP contribution in [0.3, 0.4) is 0 Å². The average molecular weight is 423 g/mol. The Morgan fingerprint density at radius 3 is 2.71 bits per heavy atom. The first-order valence-electron chi connectivity index (χ1n) is 9.37. The number of amides is 1. The normalized spacial score (nSPS) is 16.2. The van der Waals surface area contributed by atoms with Gasteiger partial charge < -0.3 is 9.80 Å². The number of sulfonamides is 1. The number of pyridine rings is 1. The largest absolute Gasteiger partial charge is 0.342 e. The van der Waals surface area contributed by atoms with E-state index in [1.807, 2.05) is 24.4 Å². The first kappa shape index (κ1) is 20.9. The highest BCUT2D eigenvalue weighted by molar-refractivity contribution is 7.91. The van der Waals surface area contributed by atoms with Gasteiger partial charge in [-0.05, 0) is 36.4 Å². The molecule has 1 fully saturated rings. The molecule has 28 heavy (non-hydrogen) atoms. The quantitative estimate of drug-likeness (QED) is 0.699. The van der Waals surface area contributed by atoms with Gasteiger partial charge in [0.1, 0.15) is 4.21 Å². The molecule has 3 rings (SSSR count). The van der Waals surface area contributed by atoms with Crippen molar-refractivity contribution >= 4 is 27.3 Å². The minimum Gasteiger partial charge on any atom is -0.342 e. The van der Waals surface area contributed by atoms with E-state index in [1.54, 1.807) is 23.4 Å². The van der Waals surface area contributed by atoms with Gasteiger partial charge in [-0.3, -0.25) is 9.78 Å². The number of piperidine rings is 1. The number of likely N-dealkylation sites (tertiary alicyclic amines) is 1. The fraction of sp³-hybridized carbons (Fsp3) is 0.474. The van der Waals surface area contributed by atoms with Gasteiger partial charge in [0, 0.05) is 51.0 Å². The van der Waals surface area contributed by atoms with Crippen LogP contribution in [0.25, 0.3) is 0 Å². The summed E-state index contributed by atoms with van der Waals surface area (Å²) in [6, 6.07) is 9.31. The van der Waals surface area contributed by atoms with Crippen LogP contribution >= 0.6 is 11.3 Å². The third-order valence-electron chi connectivity index (χ3n) is 5.08. The van der Waals surface area contributed by atoms with Crippen LogP contribution in [0.1, 0.15) is 18.5 Å². The third-order valence-corrected chi connectivity index (χ3v) is 7.88. The van der Waals surface area contributed by atoms with E-state index in [9.17, 15) is 13.2 Å². The zero-order chi connectivity index (χ0) is 20.0. The van der Waals surface area contributed by atoms with Crippen molar-refractivity contribution in [1.82, 2.24) is 19.5 Å². The number of carbonyl (C=O) groups excluding carboxylic acids is 1. The van der Waals surface area contributed by atoms with E-state index in [0.29, 0.717) is 0 Å². The number of nitrogens with one attached hydrogen (secondary N) is 1. The molecule has 3 heterocycles. The van der Waals surface area contributed by atoms with Crippen LogP contribution in [0.2, 0.25) is 0 Å². The van der Waals surface area contributed by atoms with Gasteiger partial charge in [0.25, 0.3) is 10.0 Å². The van der Waals surface area contributed by atoms with Crippen LogP contribution in [0, 0.1) is 0 Å². The summed E-state index contributed by atoms with van der Waals surface area (Å²) in [5, 5.41) is 1.70. The van der Waals surface area contributed by atoms with Gasteiger partial charge in [0.05, 0.1) is 6.54 Å². The highest BCUT2D eigenvalue weighted by Crippen LogP contribution is 2.17. The summed E-state index contributed by atoms with van der Waals surface area (Å²) in [5.41, 5.74) is 1.09. The topological polar surface area (TPSA) is 82.6 Å². The summed E-state index contributed by atoms with van der Waals surface area (Å²) in [6.45, 7) is 2.60. The summed E-state index contributed by atoms with van der Waals surface area (Å²) in [4.78, 5) is 20.9. The molecule has 0 unspecified atom stereocenters. The zero-order valence-corrected chi connectivity index (χ0v) is 17.6. The molecule has 1 aliphatic heterocycles. The predicted molar refractivity (Wildman–Crippen MR) is 110 cm³/mol. The summed E-state index contributed by atoms with van der Waals surface area (Å²) in [7, 11) is -1.85. The highest BCUT2D eigenvalue weighted by Gasteiger charge is 2.26. The van der Waals surface area contributed by atoms with Gasteiger partial charge in [-0.1, -0.05) is 12.1 Å². The maximum absolute atomic E-state index is 12.4. The Kier molecular flexibility index (Phi) is 7.17. The Bertz CT molecular complexity index is 849. The maximum atomic E-state index is 12.4. The summed E-state index contributed by atoms with van der Waals surface area (Å²) < 4.78 is 26.9. The number of thiophene rings is 1. The number of likely N-dealkylation sites (N-methyl/N-ethyl adjacent to an activating group) is 1. The summed E-state index contributed by atoms with van der Waals surface area (Å²) in [6.07, 6.45) is 4.52. The van der Waals surface area contributed by atoms with Crippen molar-refractivity contribution in [3.8, 4) is 0 Å². The molecular weight excluding hydrogens is 396 g/mol. The Hall–Kier alpha value is -1.81. The molecule has 1 aliphatic rings. The molecule has 1 saturated heterocycles. The summed E-state index contributed by atoms with van der Waals surface area (Å²) in [5.74, 6) is -0.202. The van der Waals surface area contributed by atoms with Crippen molar-refractivity contribution in [2.45, 2.75) is 29.5 Å². The van der Waals surface area contributed by atoms with Crippen molar-refractivity contribution in [3.63, 3.8) is 0 Å². The van der Waals surface area contributed by atoms with Gasteiger partial charge >= 0.3 is 0 Å². The highest BCUT2D eigenvalue weighted by atomic mass is 32.2. The molecule has 1 N–H and O–H groups in total. The second-order valence-corrected chi connectivity index (χ2v) is 9.85. The molecule has 0 atom stereocenters. The van der Waals surface area contributed by atoms with Gasteiger partial charge in [-0.25, -0.2) is 13.1 Å². The molecule has 1 amide bonds. The first-order valence-corrected chi connectivity index (χ1v) is 11.7. The van der Waals surface area contributed by atoms with Crippen LogP contribution in [-0.2, 0) is 21.2 Å². The Morgan fingerprint density at radius 1 is 1.29 bits per heavy atom. The lowest BCUT2D eigenvalue weighted by Gasteiger charge is -2.36. The Labute approximate surface area is 170 Å². The zero-order valence-electron chi connectivity index (χ0n) is 16.0. The number of aromatic nitrogens is 1.